The first-order valence-electron chi connectivity index (χ1n) is 6.82. The highest BCUT2D eigenvalue weighted by Crippen LogP contribution is 2.46. The Morgan fingerprint density at radius 2 is 2.00 bits per heavy atom. The first-order valence-corrected chi connectivity index (χ1v) is 6.82. The van der Waals surface area contributed by atoms with E-state index in [2.05, 4.69) is 0 Å². The highest BCUT2D eigenvalue weighted by atomic mass is 16.5. The predicted molar refractivity (Wildman–Crippen MR) is 79.1 cm³/mol. The smallest absolute Gasteiger partial charge is 0.235 e. The normalized spacial score (nSPS) is 27.6. The second-order valence-electron chi connectivity index (χ2n) is 6.12. The van der Waals surface area contributed by atoms with Crippen molar-refractivity contribution in [2.75, 3.05) is 12.0 Å². The lowest BCUT2D eigenvalue weighted by molar-refractivity contribution is -0.131. The van der Waals surface area contributed by atoms with Crippen LogP contribution in [-0.4, -0.2) is 29.8 Å². The van der Waals surface area contributed by atoms with Crippen molar-refractivity contribution in [2.45, 2.75) is 39.3 Å². The summed E-state index contributed by atoms with van der Waals surface area (Å²) >= 11 is 0. The SMILES string of the molecule is COc1cc(N2C(=O)C(C)(C)[C@](C)(O)[C@@H]2C)ccc1C#N. The summed E-state index contributed by atoms with van der Waals surface area (Å²) in [6.45, 7) is 6.98. The van der Waals surface area contributed by atoms with E-state index >= 15 is 0 Å². The minimum absolute atomic E-state index is 0.147. The molecule has 0 radical (unpaired) electrons. The van der Waals surface area contributed by atoms with Crippen molar-refractivity contribution < 1.29 is 14.6 Å². The molecule has 5 heteroatoms. The van der Waals surface area contributed by atoms with Crippen molar-refractivity contribution in [3.63, 3.8) is 0 Å². The molecule has 0 aliphatic carbocycles. The number of benzene rings is 1. The Hall–Kier alpha value is -2.06. The Balaban J connectivity index is 2.53. The minimum atomic E-state index is -1.15. The third kappa shape index (κ3) is 1.98. The van der Waals surface area contributed by atoms with Gasteiger partial charge in [-0.3, -0.25) is 4.79 Å². The van der Waals surface area contributed by atoms with Crippen LogP contribution in [0.25, 0.3) is 0 Å². The Morgan fingerprint density at radius 3 is 2.43 bits per heavy atom. The summed E-state index contributed by atoms with van der Waals surface area (Å²) in [5, 5.41) is 19.7. The second kappa shape index (κ2) is 4.74. The average molecular weight is 288 g/mol. The van der Waals surface area contributed by atoms with Gasteiger partial charge in [0, 0.05) is 11.8 Å². The molecule has 0 spiro atoms. The quantitative estimate of drug-likeness (QED) is 0.904. The van der Waals surface area contributed by atoms with Crippen LogP contribution in [0.3, 0.4) is 0 Å². The van der Waals surface area contributed by atoms with E-state index in [9.17, 15) is 9.90 Å². The third-order valence-electron chi connectivity index (χ3n) is 4.80. The molecule has 0 bridgehead atoms. The molecule has 2 atom stereocenters. The van der Waals surface area contributed by atoms with E-state index in [1.807, 2.05) is 13.0 Å². The van der Waals surface area contributed by atoms with Crippen LogP contribution in [-0.2, 0) is 4.79 Å². The van der Waals surface area contributed by atoms with E-state index in [1.165, 1.54) is 7.11 Å². The summed E-state index contributed by atoms with van der Waals surface area (Å²) in [7, 11) is 1.48. The zero-order valence-electron chi connectivity index (χ0n) is 13.0. The molecule has 0 saturated carbocycles. The van der Waals surface area contributed by atoms with E-state index in [1.54, 1.807) is 43.9 Å². The number of hydrogen-bond donors (Lipinski definition) is 1. The van der Waals surface area contributed by atoms with Crippen molar-refractivity contribution in [3.05, 3.63) is 23.8 Å². The van der Waals surface area contributed by atoms with E-state index < -0.39 is 11.0 Å². The summed E-state index contributed by atoms with van der Waals surface area (Å²) in [6, 6.07) is 6.64. The van der Waals surface area contributed by atoms with Gasteiger partial charge in [-0.25, -0.2) is 0 Å². The standard InChI is InChI=1S/C16H20N2O3/c1-10-16(4,20)15(2,3)14(19)18(10)12-7-6-11(9-17)13(8-12)21-5/h6-8,10,20H,1-5H3/t10-,16+/m0/s1. The number of nitriles is 1. The fourth-order valence-electron chi connectivity index (χ4n) is 2.73. The maximum absolute atomic E-state index is 12.7. The first-order chi connectivity index (χ1) is 9.68. The first kappa shape index (κ1) is 15.3. The van der Waals surface area contributed by atoms with Gasteiger partial charge in [-0.15, -0.1) is 0 Å². The zero-order valence-corrected chi connectivity index (χ0v) is 13.0. The number of hydrogen-bond acceptors (Lipinski definition) is 4. The molecular formula is C16H20N2O3. The van der Waals surface area contributed by atoms with Gasteiger partial charge in [0.25, 0.3) is 0 Å². The van der Waals surface area contributed by atoms with Gasteiger partial charge in [-0.05, 0) is 39.8 Å². The lowest BCUT2D eigenvalue weighted by atomic mass is 9.76. The van der Waals surface area contributed by atoms with Gasteiger partial charge in [0.2, 0.25) is 5.91 Å². The van der Waals surface area contributed by atoms with Crippen LogP contribution in [0.5, 0.6) is 5.75 Å². The molecule has 1 N–H and O–H groups in total. The largest absolute Gasteiger partial charge is 0.495 e. The van der Waals surface area contributed by atoms with Gasteiger partial charge >= 0.3 is 0 Å². The molecule has 1 aromatic carbocycles. The molecule has 1 aliphatic heterocycles. The highest BCUT2D eigenvalue weighted by molar-refractivity contribution is 6.02. The lowest BCUT2D eigenvalue weighted by Crippen LogP contribution is -2.46. The van der Waals surface area contributed by atoms with Gasteiger partial charge in [0.05, 0.1) is 29.7 Å². The fourth-order valence-corrected chi connectivity index (χ4v) is 2.73. The number of rotatable bonds is 2. The van der Waals surface area contributed by atoms with Crippen molar-refractivity contribution in [3.8, 4) is 11.8 Å². The molecule has 1 aliphatic rings. The molecule has 1 saturated heterocycles. The Bertz CT molecular complexity index is 629. The van der Waals surface area contributed by atoms with Gasteiger partial charge in [0.15, 0.2) is 0 Å². The van der Waals surface area contributed by atoms with Crippen molar-refractivity contribution >= 4 is 11.6 Å². The number of anilines is 1. The van der Waals surface area contributed by atoms with Crippen LogP contribution >= 0.6 is 0 Å². The summed E-state index contributed by atoms with van der Waals surface area (Å²) in [4.78, 5) is 14.2. The van der Waals surface area contributed by atoms with Crippen LogP contribution in [0.4, 0.5) is 5.69 Å². The Labute approximate surface area is 124 Å². The Kier molecular flexibility index (Phi) is 3.46. The van der Waals surface area contributed by atoms with Gasteiger partial charge in [0.1, 0.15) is 11.8 Å². The summed E-state index contributed by atoms with van der Waals surface area (Å²) in [5.74, 6) is 0.270. The number of carbonyl (C=O) groups is 1. The highest BCUT2D eigenvalue weighted by Gasteiger charge is 2.59. The van der Waals surface area contributed by atoms with Crippen LogP contribution in [0.15, 0.2) is 18.2 Å². The monoisotopic (exact) mass is 288 g/mol. The molecule has 112 valence electrons. The molecule has 5 nitrogen and oxygen atoms in total. The maximum atomic E-state index is 12.7. The molecule has 1 heterocycles. The van der Waals surface area contributed by atoms with Gasteiger partial charge in [-0.1, -0.05) is 0 Å². The molecule has 0 unspecified atom stereocenters. The third-order valence-corrected chi connectivity index (χ3v) is 4.80. The van der Waals surface area contributed by atoms with Crippen molar-refractivity contribution in [2.24, 2.45) is 5.41 Å². The Morgan fingerprint density at radius 1 is 1.38 bits per heavy atom. The van der Waals surface area contributed by atoms with E-state index in [0.29, 0.717) is 17.0 Å². The number of carbonyl (C=O) groups excluding carboxylic acids is 1. The van der Waals surface area contributed by atoms with Crippen LogP contribution in [0.1, 0.15) is 33.3 Å². The van der Waals surface area contributed by atoms with Gasteiger partial charge in [-0.2, -0.15) is 5.26 Å². The van der Waals surface area contributed by atoms with Crippen LogP contribution in [0.2, 0.25) is 0 Å². The lowest BCUT2D eigenvalue weighted by Gasteiger charge is -2.33. The molecule has 21 heavy (non-hydrogen) atoms. The number of methoxy groups -OCH3 is 1. The molecular weight excluding hydrogens is 268 g/mol. The number of aliphatic hydroxyl groups is 1. The number of amides is 1. The molecule has 0 aromatic heterocycles. The molecule has 1 amide bonds. The average Bonchev–Trinajstić information content (AvgIpc) is 2.57. The zero-order chi connectivity index (χ0) is 16.0. The van der Waals surface area contributed by atoms with E-state index in [-0.39, 0.29) is 11.9 Å². The molecule has 1 aromatic rings. The molecule has 1 fully saturated rings. The second-order valence-corrected chi connectivity index (χ2v) is 6.12. The van der Waals surface area contributed by atoms with E-state index in [4.69, 9.17) is 10.00 Å². The van der Waals surface area contributed by atoms with Crippen molar-refractivity contribution in [1.29, 1.82) is 5.26 Å². The minimum Gasteiger partial charge on any atom is -0.495 e. The van der Waals surface area contributed by atoms with Crippen LogP contribution in [0, 0.1) is 16.7 Å². The van der Waals surface area contributed by atoms with E-state index in [0.717, 1.165) is 0 Å². The molecule has 2 rings (SSSR count). The van der Waals surface area contributed by atoms with Crippen LogP contribution < -0.4 is 9.64 Å². The van der Waals surface area contributed by atoms with Gasteiger partial charge < -0.3 is 14.7 Å². The topological polar surface area (TPSA) is 73.6 Å². The van der Waals surface area contributed by atoms with Crippen molar-refractivity contribution in [1.82, 2.24) is 0 Å². The number of nitrogens with zero attached hydrogens (tertiary/aromatic N) is 2. The number of ether oxygens (including phenoxy) is 1. The predicted octanol–water partition coefficient (Wildman–Crippen LogP) is 2.08. The fraction of sp³-hybridized carbons (Fsp3) is 0.500. The summed E-state index contributed by atoms with van der Waals surface area (Å²) < 4.78 is 5.19. The summed E-state index contributed by atoms with van der Waals surface area (Å²) in [6.07, 6.45) is 0. The summed E-state index contributed by atoms with van der Waals surface area (Å²) in [5.41, 5.74) is -1.00. The maximum Gasteiger partial charge on any atom is 0.235 e.